The van der Waals surface area contributed by atoms with Gasteiger partial charge in [0.25, 0.3) is 0 Å². The van der Waals surface area contributed by atoms with Crippen LogP contribution in [0, 0.1) is 0 Å². The first-order valence-corrected chi connectivity index (χ1v) is 12.2. The van der Waals surface area contributed by atoms with Crippen LogP contribution in [0.5, 0.6) is 5.75 Å². The number of methoxy groups -OCH3 is 1. The van der Waals surface area contributed by atoms with Gasteiger partial charge in [0.05, 0.1) is 25.2 Å². The fourth-order valence-corrected chi connectivity index (χ4v) is 4.82. The molecule has 0 spiro atoms. The van der Waals surface area contributed by atoms with E-state index < -0.39 is 9.84 Å². The van der Waals surface area contributed by atoms with E-state index in [4.69, 9.17) is 13.9 Å². The molecule has 4 rings (SSSR count). The summed E-state index contributed by atoms with van der Waals surface area (Å²) in [6.07, 6.45) is 3.41. The van der Waals surface area contributed by atoms with Gasteiger partial charge in [-0.1, -0.05) is 36.4 Å². The minimum Gasteiger partial charge on any atom is -0.496 e. The monoisotopic (exact) mass is 469 g/mol. The van der Waals surface area contributed by atoms with Crippen LogP contribution in [0.2, 0.25) is 0 Å². The summed E-state index contributed by atoms with van der Waals surface area (Å²) in [7, 11) is -2.26. The van der Waals surface area contributed by atoms with E-state index in [1.54, 1.807) is 49.6 Å². The van der Waals surface area contributed by atoms with Gasteiger partial charge in [0.2, 0.25) is 26.6 Å². The molecule has 8 nitrogen and oxygen atoms in total. The smallest absolute Gasteiger partial charge is 0.233 e. The van der Waals surface area contributed by atoms with Gasteiger partial charge in [-0.25, -0.2) is 8.42 Å². The summed E-state index contributed by atoms with van der Waals surface area (Å²) in [5, 5.41) is 3.00. The van der Waals surface area contributed by atoms with Crippen LogP contribution < -0.4 is 10.1 Å². The summed E-state index contributed by atoms with van der Waals surface area (Å²) < 4.78 is 43.1. The average molecular weight is 470 g/mol. The number of para-hydroxylation sites is 1. The molecule has 2 heterocycles. The Morgan fingerprint density at radius 2 is 1.79 bits per heavy atom. The van der Waals surface area contributed by atoms with Crippen LogP contribution in [0.4, 0.5) is 5.88 Å². The van der Waals surface area contributed by atoms with E-state index in [9.17, 15) is 8.42 Å². The maximum atomic E-state index is 13.3. The highest BCUT2D eigenvalue weighted by molar-refractivity contribution is 7.91. The first-order chi connectivity index (χ1) is 16.1. The lowest BCUT2D eigenvalue weighted by Gasteiger charge is -2.26. The molecule has 1 N–H and O–H groups in total. The first-order valence-electron chi connectivity index (χ1n) is 10.7. The van der Waals surface area contributed by atoms with Crippen molar-refractivity contribution in [2.24, 2.45) is 0 Å². The summed E-state index contributed by atoms with van der Waals surface area (Å²) >= 11 is 0. The number of ether oxygens (including phenoxy) is 2. The highest BCUT2D eigenvalue weighted by atomic mass is 32.2. The molecule has 9 heteroatoms. The summed E-state index contributed by atoms with van der Waals surface area (Å²) in [5.41, 5.74) is 0.826. The molecule has 1 fully saturated rings. The fraction of sp³-hybridized carbons (Fsp3) is 0.292. The Hall–Kier alpha value is -3.14. The van der Waals surface area contributed by atoms with E-state index >= 15 is 0 Å². The number of sulfone groups is 1. The van der Waals surface area contributed by atoms with Gasteiger partial charge >= 0.3 is 0 Å². The Bertz CT molecular complexity index is 1190. The lowest BCUT2D eigenvalue weighted by molar-refractivity contribution is 0.0398. The van der Waals surface area contributed by atoms with Gasteiger partial charge in [-0.3, -0.25) is 4.90 Å². The zero-order valence-electron chi connectivity index (χ0n) is 18.4. The zero-order valence-corrected chi connectivity index (χ0v) is 19.3. The van der Waals surface area contributed by atoms with E-state index in [0.717, 1.165) is 25.2 Å². The van der Waals surface area contributed by atoms with Crippen molar-refractivity contribution in [1.29, 1.82) is 0 Å². The van der Waals surface area contributed by atoms with Crippen LogP contribution in [0.25, 0.3) is 12.2 Å². The zero-order chi connectivity index (χ0) is 23.1. The van der Waals surface area contributed by atoms with Crippen LogP contribution in [0.15, 0.2) is 68.9 Å². The van der Waals surface area contributed by atoms with Crippen molar-refractivity contribution >= 4 is 27.9 Å². The molecule has 33 heavy (non-hydrogen) atoms. The Balaban J connectivity index is 1.60. The fourth-order valence-electron chi connectivity index (χ4n) is 3.52. The molecule has 1 saturated heterocycles. The van der Waals surface area contributed by atoms with Crippen LogP contribution in [-0.4, -0.2) is 64.8 Å². The molecule has 0 aliphatic carbocycles. The topological polar surface area (TPSA) is 93.9 Å². The molecular formula is C24H27N3O5S. The van der Waals surface area contributed by atoms with Gasteiger partial charge in [0, 0.05) is 37.8 Å². The van der Waals surface area contributed by atoms with Gasteiger partial charge in [0.1, 0.15) is 5.75 Å². The Kier molecular flexibility index (Phi) is 7.43. The summed E-state index contributed by atoms with van der Waals surface area (Å²) in [6, 6.07) is 15.7. The second kappa shape index (κ2) is 10.7. The standard InChI is InChI=1S/C24H27N3O5S/c1-30-21-10-6-5-7-19(21)11-12-22-26-24(33(28,29)20-8-3-2-4-9-20)23(32-22)25-13-14-27-15-17-31-18-16-27/h2-12,25H,13-18H2,1H3/b12-11+. The molecule has 1 aliphatic heterocycles. The van der Waals surface area contributed by atoms with Crippen LogP contribution >= 0.6 is 0 Å². The summed E-state index contributed by atoms with van der Waals surface area (Å²) in [4.78, 5) is 6.73. The lowest BCUT2D eigenvalue weighted by atomic mass is 10.2. The molecule has 0 radical (unpaired) electrons. The molecule has 0 unspecified atom stereocenters. The number of nitrogens with one attached hydrogen (secondary N) is 1. The van der Waals surface area contributed by atoms with Crippen LogP contribution in [-0.2, 0) is 14.6 Å². The number of rotatable bonds is 9. The minimum absolute atomic E-state index is 0.129. The van der Waals surface area contributed by atoms with Gasteiger partial charge in [-0.2, -0.15) is 4.98 Å². The molecule has 174 valence electrons. The maximum Gasteiger partial charge on any atom is 0.233 e. The van der Waals surface area contributed by atoms with E-state index in [2.05, 4.69) is 15.2 Å². The van der Waals surface area contributed by atoms with Crippen molar-refractivity contribution in [3.63, 3.8) is 0 Å². The summed E-state index contributed by atoms with van der Waals surface area (Å²) in [6.45, 7) is 4.35. The number of hydrogen-bond donors (Lipinski definition) is 1. The highest BCUT2D eigenvalue weighted by Crippen LogP contribution is 2.29. The Morgan fingerprint density at radius 3 is 2.55 bits per heavy atom. The SMILES string of the molecule is COc1ccccc1/C=C/c1nc(S(=O)(=O)c2ccccc2)c(NCCN2CCOCC2)o1. The van der Waals surface area contributed by atoms with Crippen molar-refractivity contribution < 1.29 is 22.3 Å². The molecule has 1 aromatic heterocycles. The van der Waals surface area contributed by atoms with E-state index in [-0.39, 0.29) is 21.7 Å². The molecule has 0 saturated carbocycles. The highest BCUT2D eigenvalue weighted by Gasteiger charge is 2.27. The largest absolute Gasteiger partial charge is 0.496 e. The molecule has 0 amide bonds. The molecule has 2 aromatic carbocycles. The van der Waals surface area contributed by atoms with Crippen molar-refractivity contribution in [3.05, 3.63) is 66.1 Å². The second-order valence-corrected chi connectivity index (χ2v) is 9.32. The number of nitrogens with zero attached hydrogens (tertiary/aromatic N) is 2. The van der Waals surface area contributed by atoms with Gasteiger partial charge in [-0.15, -0.1) is 0 Å². The Labute approximate surface area is 193 Å². The molecule has 0 atom stereocenters. The average Bonchev–Trinajstić information content (AvgIpc) is 3.28. The maximum absolute atomic E-state index is 13.3. The quantitative estimate of drug-likeness (QED) is 0.510. The number of hydrogen-bond acceptors (Lipinski definition) is 8. The first kappa shape index (κ1) is 23.0. The predicted octanol–water partition coefficient (Wildman–Crippen LogP) is 3.43. The van der Waals surface area contributed by atoms with Crippen molar-refractivity contribution in [2.75, 3.05) is 51.8 Å². The molecular weight excluding hydrogens is 442 g/mol. The van der Waals surface area contributed by atoms with E-state index in [1.807, 2.05) is 24.3 Å². The van der Waals surface area contributed by atoms with Crippen LogP contribution in [0.3, 0.4) is 0 Å². The predicted molar refractivity (Wildman–Crippen MR) is 126 cm³/mol. The van der Waals surface area contributed by atoms with E-state index in [0.29, 0.717) is 25.5 Å². The van der Waals surface area contributed by atoms with Crippen molar-refractivity contribution in [2.45, 2.75) is 9.92 Å². The van der Waals surface area contributed by atoms with Gasteiger partial charge in [-0.05, 0) is 24.3 Å². The summed E-state index contributed by atoms with van der Waals surface area (Å²) in [5.74, 6) is 1.01. The molecule has 0 bridgehead atoms. The van der Waals surface area contributed by atoms with Crippen LogP contribution in [0.1, 0.15) is 11.5 Å². The normalized spacial score (nSPS) is 15.1. The Morgan fingerprint density at radius 1 is 1.06 bits per heavy atom. The molecule has 1 aliphatic rings. The third-order valence-corrected chi connectivity index (χ3v) is 6.96. The van der Waals surface area contributed by atoms with Crippen molar-refractivity contribution in [3.8, 4) is 5.75 Å². The third kappa shape index (κ3) is 5.62. The number of morpholine rings is 1. The van der Waals surface area contributed by atoms with E-state index in [1.165, 1.54) is 0 Å². The minimum atomic E-state index is -3.86. The molecule has 3 aromatic rings. The third-order valence-electron chi connectivity index (χ3n) is 5.28. The van der Waals surface area contributed by atoms with Gasteiger partial charge < -0.3 is 19.2 Å². The second-order valence-electron chi connectivity index (χ2n) is 7.46. The number of oxazole rings is 1. The number of anilines is 1. The number of aromatic nitrogens is 1. The lowest BCUT2D eigenvalue weighted by Crippen LogP contribution is -2.39. The van der Waals surface area contributed by atoms with Crippen molar-refractivity contribution in [1.82, 2.24) is 9.88 Å². The van der Waals surface area contributed by atoms with Gasteiger partial charge in [0.15, 0.2) is 0 Å². The number of benzene rings is 2.